The Hall–Kier alpha value is 0.322. The molecule has 1 fully saturated rings. The van der Waals surface area contributed by atoms with Crippen LogP contribution in [-0.2, 0) is 25.2 Å². The topological polar surface area (TPSA) is 23.3 Å². The maximum absolute atomic E-state index is 5.73. The Balaban J connectivity index is 0.00000196. The second kappa shape index (κ2) is 5.59. The van der Waals surface area contributed by atoms with Crippen molar-refractivity contribution in [3.8, 4) is 0 Å². The molecule has 0 aromatic heterocycles. The first kappa shape index (κ1) is 15.3. The smallest absolute Gasteiger partial charge is 0.0648 e. The molecule has 0 saturated carbocycles. The van der Waals surface area contributed by atoms with Crippen LogP contribution in [0.1, 0.15) is 40.5 Å². The molecule has 2 nitrogen and oxygen atoms in total. The molecule has 3 heteroatoms. The van der Waals surface area contributed by atoms with Crippen LogP contribution in [0.5, 0.6) is 0 Å². The van der Waals surface area contributed by atoms with Gasteiger partial charge in [0, 0.05) is 20.4 Å². The number of rotatable bonds is 3. The quantitative estimate of drug-likeness (QED) is 0.687. The van der Waals surface area contributed by atoms with Crippen molar-refractivity contribution < 1.29 is 25.2 Å². The van der Waals surface area contributed by atoms with E-state index in [1.54, 1.807) is 0 Å². The number of ether oxygens (including phenoxy) is 1. The molecule has 1 aliphatic rings. The Morgan fingerprint density at radius 3 is 2.13 bits per heavy atom. The van der Waals surface area contributed by atoms with Crippen molar-refractivity contribution in [1.29, 1.82) is 0 Å². The summed E-state index contributed by atoms with van der Waals surface area (Å²) in [6.45, 7) is 13.0. The van der Waals surface area contributed by atoms with Crippen molar-refractivity contribution in [3.05, 3.63) is 18.0 Å². The molecule has 0 amide bonds. The predicted molar refractivity (Wildman–Crippen MR) is 60.7 cm³/mol. The summed E-state index contributed by atoms with van der Waals surface area (Å²) in [5.74, 6) is 0. The van der Waals surface area contributed by atoms with Crippen LogP contribution in [0.25, 0.3) is 5.32 Å². The Kier molecular flexibility index (Phi) is 5.71. The summed E-state index contributed by atoms with van der Waals surface area (Å²) >= 11 is 0. The van der Waals surface area contributed by atoms with E-state index in [1.807, 2.05) is 6.08 Å². The fourth-order valence-electron chi connectivity index (χ4n) is 2.42. The third-order valence-electron chi connectivity index (χ3n) is 2.51. The van der Waals surface area contributed by atoms with E-state index in [1.165, 1.54) is 0 Å². The van der Waals surface area contributed by atoms with E-state index >= 15 is 0 Å². The summed E-state index contributed by atoms with van der Waals surface area (Å²) in [5, 5.41) is 4.80. The van der Waals surface area contributed by atoms with E-state index in [0.717, 1.165) is 12.8 Å². The summed E-state index contributed by atoms with van der Waals surface area (Å²) < 4.78 is 5.73. The van der Waals surface area contributed by atoms with Gasteiger partial charge in [-0.1, -0.05) is 33.8 Å². The van der Waals surface area contributed by atoms with Crippen LogP contribution in [0.3, 0.4) is 0 Å². The fraction of sp³-hybridized carbons (Fsp3) is 0.833. The average Bonchev–Trinajstić information content (AvgIpc) is 1.94. The van der Waals surface area contributed by atoms with Crippen LogP contribution in [-0.4, -0.2) is 23.8 Å². The Morgan fingerprint density at radius 2 is 1.73 bits per heavy atom. The van der Waals surface area contributed by atoms with Gasteiger partial charge in [-0.15, -0.1) is 17.7 Å². The van der Waals surface area contributed by atoms with Crippen LogP contribution in [0.4, 0.5) is 0 Å². The number of nitrogens with zero attached hydrogens (tertiary/aromatic N) is 1. The van der Waals surface area contributed by atoms with Crippen molar-refractivity contribution in [3.63, 3.8) is 0 Å². The molecular formula is C12H22NORe-. The SMILES string of the molecule is C=CCOC1CC(C)(C)[N-]C(C)(C)C1.[Re]. The number of piperidine rings is 1. The zero-order valence-electron chi connectivity index (χ0n) is 10.2. The normalized spacial score (nSPS) is 24.3. The van der Waals surface area contributed by atoms with E-state index in [0.29, 0.717) is 12.7 Å². The second-order valence-corrected chi connectivity index (χ2v) is 5.39. The number of hydrogen-bond acceptors (Lipinski definition) is 1. The van der Waals surface area contributed by atoms with Gasteiger partial charge in [0.05, 0.1) is 12.7 Å². The molecule has 0 aliphatic carbocycles. The van der Waals surface area contributed by atoms with Gasteiger partial charge in [0.2, 0.25) is 0 Å². The van der Waals surface area contributed by atoms with Gasteiger partial charge >= 0.3 is 0 Å². The first-order chi connectivity index (χ1) is 6.35. The molecule has 0 bridgehead atoms. The summed E-state index contributed by atoms with van der Waals surface area (Å²) in [6, 6.07) is 0. The molecule has 15 heavy (non-hydrogen) atoms. The van der Waals surface area contributed by atoms with Crippen molar-refractivity contribution in [2.75, 3.05) is 6.61 Å². The molecule has 89 valence electrons. The van der Waals surface area contributed by atoms with Gasteiger partial charge in [0.1, 0.15) is 0 Å². The Labute approximate surface area is 108 Å². The Bertz CT molecular complexity index is 198. The summed E-state index contributed by atoms with van der Waals surface area (Å²) in [4.78, 5) is 0. The van der Waals surface area contributed by atoms with E-state index in [-0.39, 0.29) is 31.5 Å². The molecule has 0 spiro atoms. The standard InChI is InChI=1S/C12H22NO.Re/c1-6-7-14-10-8-11(2,3)13-12(4,5)9-10;/h6,10H,1,7-9H2,2-5H3;/q-1;. The summed E-state index contributed by atoms with van der Waals surface area (Å²) in [6.07, 6.45) is 4.18. The molecule has 1 rings (SSSR count). The minimum Gasteiger partial charge on any atom is -0.652 e. The van der Waals surface area contributed by atoms with Crippen LogP contribution >= 0.6 is 0 Å². The van der Waals surface area contributed by atoms with Crippen molar-refractivity contribution in [1.82, 2.24) is 0 Å². The summed E-state index contributed by atoms with van der Waals surface area (Å²) in [5.41, 5.74) is 0.0984. The van der Waals surface area contributed by atoms with Crippen LogP contribution in [0, 0.1) is 0 Å². The van der Waals surface area contributed by atoms with E-state index < -0.39 is 0 Å². The first-order valence-corrected chi connectivity index (χ1v) is 5.31. The maximum Gasteiger partial charge on any atom is 0.0648 e. The zero-order chi connectivity index (χ0) is 10.8. The van der Waals surface area contributed by atoms with Crippen molar-refractivity contribution in [2.24, 2.45) is 0 Å². The van der Waals surface area contributed by atoms with E-state index in [2.05, 4.69) is 34.3 Å². The van der Waals surface area contributed by atoms with Gasteiger partial charge in [-0.2, -0.15) is 0 Å². The third-order valence-corrected chi connectivity index (χ3v) is 2.51. The van der Waals surface area contributed by atoms with Gasteiger partial charge in [-0.3, -0.25) is 0 Å². The molecule has 0 unspecified atom stereocenters. The van der Waals surface area contributed by atoms with Gasteiger partial charge in [-0.25, -0.2) is 0 Å². The molecule has 1 radical (unpaired) electrons. The summed E-state index contributed by atoms with van der Waals surface area (Å²) in [7, 11) is 0. The zero-order valence-corrected chi connectivity index (χ0v) is 12.9. The average molecular weight is 383 g/mol. The molecule has 1 heterocycles. The van der Waals surface area contributed by atoms with Crippen LogP contribution in [0.2, 0.25) is 0 Å². The minimum absolute atomic E-state index is 0. The predicted octanol–water partition coefficient (Wildman–Crippen LogP) is 3.28. The molecule has 0 aromatic rings. The van der Waals surface area contributed by atoms with Crippen LogP contribution < -0.4 is 0 Å². The third kappa shape index (κ3) is 5.27. The monoisotopic (exact) mass is 383 g/mol. The van der Waals surface area contributed by atoms with Gasteiger partial charge in [0.15, 0.2) is 0 Å². The van der Waals surface area contributed by atoms with Gasteiger partial charge in [-0.05, 0) is 12.8 Å². The van der Waals surface area contributed by atoms with E-state index in [4.69, 9.17) is 10.1 Å². The Morgan fingerprint density at radius 1 is 1.27 bits per heavy atom. The van der Waals surface area contributed by atoms with Crippen molar-refractivity contribution in [2.45, 2.75) is 57.7 Å². The number of hydrogen-bond donors (Lipinski definition) is 0. The van der Waals surface area contributed by atoms with E-state index in [9.17, 15) is 0 Å². The van der Waals surface area contributed by atoms with Crippen molar-refractivity contribution >= 4 is 0 Å². The van der Waals surface area contributed by atoms with Gasteiger partial charge < -0.3 is 10.1 Å². The molecule has 1 aliphatic heterocycles. The molecule has 1 saturated heterocycles. The maximum atomic E-state index is 5.73. The van der Waals surface area contributed by atoms with Crippen LogP contribution in [0.15, 0.2) is 12.7 Å². The molecule has 0 N–H and O–H groups in total. The first-order valence-electron chi connectivity index (χ1n) is 5.31. The minimum atomic E-state index is 0. The van der Waals surface area contributed by atoms with Gasteiger partial charge in [0.25, 0.3) is 0 Å². The largest absolute Gasteiger partial charge is 0.652 e. The molecule has 0 aromatic carbocycles. The fourth-order valence-corrected chi connectivity index (χ4v) is 2.42. The molecule has 0 atom stereocenters. The second-order valence-electron chi connectivity index (χ2n) is 5.39. The molecular weight excluding hydrogens is 360 g/mol.